The number of hydrogen-bond acceptors (Lipinski definition) is 7. The van der Waals surface area contributed by atoms with E-state index in [1.165, 1.54) is 12.5 Å². The van der Waals surface area contributed by atoms with Gasteiger partial charge in [0.05, 0.1) is 25.6 Å². The van der Waals surface area contributed by atoms with Gasteiger partial charge in [0.15, 0.2) is 0 Å². The number of benzene rings is 2. The zero-order valence-electron chi connectivity index (χ0n) is 17.0. The molecule has 0 amide bonds. The molecule has 2 heterocycles. The van der Waals surface area contributed by atoms with Gasteiger partial charge in [0, 0.05) is 12.3 Å². The van der Waals surface area contributed by atoms with Crippen LogP contribution in [0.4, 0.5) is 5.69 Å². The van der Waals surface area contributed by atoms with Crippen LogP contribution >= 0.6 is 0 Å². The molecule has 2 N–H and O–H groups in total. The fourth-order valence-electron chi connectivity index (χ4n) is 2.94. The third kappa shape index (κ3) is 4.62. The van der Waals surface area contributed by atoms with Gasteiger partial charge in [-0.2, -0.15) is 0 Å². The number of methoxy groups -OCH3 is 1. The van der Waals surface area contributed by atoms with E-state index in [-0.39, 0.29) is 12.1 Å². The monoisotopic (exact) mass is 433 g/mol. The molecule has 32 heavy (non-hydrogen) atoms. The van der Waals surface area contributed by atoms with Gasteiger partial charge in [0.1, 0.15) is 28.6 Å². The second-order valence-electron chi connectivity index (χ2n) is 6.70. The molecule has 9 heteroatoms. The second-order valence-corrected chi connectivity index (χ2v) is 6.70. The first-order valence-electron chi connectivity index (χ1n) is 9.58. The number of aromatic nitrogens is 2. The number of nitrogens with one attached hydrogen (secondary N) is 1. The molecule has 0 fully saturated rings. The number of aromatic hydroxyl groups is 1. The van der Waals surface area contributed by atoms with E-state index in [1.807, 2.05) is 12.1 Å². The van der Waals surface area contributed by atoms with Gasteiger partial charge in [-0.25, -0.2) is 4.79 Å². The summed E-state index contributed by atoms with van der Waals surface area (Å²) in [4.78, 5) is 30.6. The van der Waals surface area contributed by atoms with Crippen LogP contribution in [0, 0.1) is 0 Å². The molecule has 162 valence electrons. The van der Waals surface area contributed by atoms with E-state index in [2.05, 4.69) is 9.98 Å². The summed E-state index contributed by atoms with van der Waals surface area (Å²) in [5, 5.41) is 10.5. The molecule has 4 rings (SSSR count). The maximum Gasteiger partial charge on any atom is 0.331 e. The molecule has 0 aliphatic carbocycles. The van der Waals surface area contributed by atoms with Crippen LogP contribution in [-0.4, -0.2) is 28.0 Å². The Morgan fingerprint density at radius 3 is 2.56 bits per heavy atom. The van der Waals surface area contributed by atoms with Gasteiger partial charge < -0.3 is 19.0 Å². The van der Waals surface area contributed by atoms with E-state index >= 15 is 0 Å². The van der Waals surface area contributed by atoms with Crippen LogP contribution < -0.4 is 20.7 Å². The van der Waals surface area contributed by atoms with Gasteiger partial charge in [-0.05, 0) is 48.5 Å². The van der Waals surface area contributed by atoms with Gasteiger partial charge in [-0.15, -0.1) is 0 Å². The van der Waals surface area contributed by atoms with Crippen LogP contribution in [0.1, 0.15) is 11.3 Å². The minimum atomic E-state index is -0.750. The Kier molecular flexibility index (Phi) is 5.89. The Morgan fingerprint density at radius 1 is 1.06 bits per heavy atom. The average molecular weight is 433 g/mol. The highest BCUT2D eigenvalue weighted by molar-refractivity contribution is 5.84. The number of aliphatic imine (C=N–C) groups is 1. The van der Waals surface area contributed by atoms with Crippen molar-refractivity contribution in [3.63, 3.8) is 0 Å². The molecule has 9 nitrogen and oxygen atoms in total. The Hall–Kier alpha value is -4.53. The van der Waals surface area contributed by atoms with Crippen molar-refractivity contribution in [2.75, 3.05) is 7.11 Å². The van der Waals surface area contributed by atoms with Gasteiger partial charge in [0.25, 0.3) is 5.56 Å². The Bertz CT molecular complexity index is 1350. The summed E-state index contributed by atoms with van der Waals surface area (Å²) in [5.41, 5.74) is -1.12. The number of nitrogens with zero attached hydrogens (tertiary/aromatic N) is 2. The molecule has 0 aliphatic heterocycles. The van der Waals surface area contributed by atoms with E-state index in [1.54, 1.807) is 55.6 Å². The highest BCUT2D eigenvalue weighted by Gasteiger charge is 2.14. The van der Waals surface area contributed by atoms with Gasteiger partial charge in [0.2, 0.25) is 5.88 Å². The summed E-state index contributed by atoms with van der Waals surface area (Å²) < 4.78 is 17.1. The van der Waals surface area contributed by atoms with E-state index in [4.69, 9.17) is 13.9 Å². The molecule has 4 aromatic rings. The maximum absolute atomic E-state index is 12.2. The lowest BCUT2D eigenvalue weighted by Gasteiger charge is -2.08. The molecule has 2 aromatic heterocycles. The quantitative estimate of drug-likeness (QED) is 0.431. The summed E-state index contributed by atoms with van der Waals surface area (Å²) in [7, 11) is 1.58. The zero-order valence-corrected chi connectivity index (χ0v) is 17.0. The predicted molar refractivity (Wildman–Crippen MR) is 118 cm³/mol. The first-order chi connectivity index (χ1) is 15.5. The first kappa shape index (κ1) is 20.7. The lowest BCUT2D eigenvalue weighted by Crippen LogP contribution is -2.32. The normalized spacial score (nSPS) is 11.0. The molecule has 0 aliphatic rings. The SMILES string of the molecule is COc1cccc(Oc2ccc(N=Cc3c(O)n(Cc4ccco4)c(=O)[nH]c3=O)cc2)c1. The van der Waals surface area contributed by atoms with Crippen molar-refractivity contribution in [2.24, 2.45) is 4.99 Å². The van der Waals surface area contributed by atoms with Gasteiger partial charge in [-0.3, -0.25) is 19.3 Å². The first-order valence-corrected chi connectivity index (χ1v) is 9.58. The summed E-state index contributed by atoms with van der Waals surface area (Å²) in [6.07, 6.45) is 2.65. The fourth-order valence-corrected chi connectivity index (χ4v) is 2.94. The minimum Gasteiger partial charge on any atom is -0.497 e. The van der Waals surface area contributed by atoms with Crippen LogP contribution in [0.5, 0.6) is 23.1 Å². The summed E-state index contributed by atoms with van der Waals surface area (Å²) in [5.74, 6) is 1.84. The van der Waals surface area contributed by atoms with Crippen molar-refractivity contribution in [1.29, 1.82) is 0 Å². The predicted octanol–water partition coefficient (Wildman–Crippen LogP) is 3.44. The molecule has 0 saturated carbocycles. The molecule has 0 spiro atoms. The summed E-state index contributed by atoms with van der Waals surface area (Å²) in [6.45, 7) is -0.0361. The number of H-pyrrole nitrogens is 1. The molecule has 0 atom stereocenters. The van der Waals surface area contributed by atoms with Crippen LogP contribution in [0.25, 0.3) is 0 Å². The topological polar surface area (TPSA) is 119 Å². The van der Waals surface area contributed by atoms with Crippen LogP contribution in [0.15, 0.2) is 85.9 Å². The number of aromatic amines is 1. The van der Waals surface area contributed by atoms with E-state index < -0.39 is 17.1 Å². The second kappa shape index (κ2) is 9.09. The number of ether oxygens (including phenoxy) is 2. The smallest absolute Gasteiger partial charge is 0.331 e. The highest BCUT2D eigenvalue weighted by atomic mass is 16.5. The largest absolute Gasteiger partial charge is 0.497 e. The molecule has 0 unspecified atom stereocenters. The fraction of sp³-hybridized carbons (Fsp3) is 0.0870. The van der Waals surface area contributed by atoms with Crippen LogP contribution in [0.3, 0.4) is 0 Å². The van der Waals surface area contributed by atoms with Crippen molar-refractivity contribution in [1.82, 2.24) is 9.55 Å². The summed E-state index contributed by atoms with van der Waals surface area (Å²) >= 11 is 0. The third-order valence-corrected chi connectivity index (χ3v) is 4.56. The van der Waals surface area contributed by atoms with Crippen molar-refractivity contribution < 1.29 is 19.0 Å². The minimum absolute atomic E-state index is 0.0361. The maximum atomic E-state index is 12.2. The Balaban J connectivity index is 1.54. The van der Waals surface area contributed by atoms with Crippen LogP contribution in [-0.2, 0) is 6.54 Å². The van der Waals surface area contributed by atoms with E-state index in [0.717, 1.165) is 4.57 Å². The zero-order chi connectivity index (χ0) is 22.5. The standard InChI is InChI=1S/C23H19N3O6/c1-30-17-4-2-5-18(12-17)32-16-9-7-15(8-10-16)24-13-20-21(27)25-23(29)26(22(20)28)14-19-6-3-11-31-19/h2-13,28H,14H2,1H3,(H,25,27,29). The van der Waals surface area contributed by atoms with Gasteiger partial charge in [-0.1, -0.05) is 6.07 Å². The van der Waals surface area contributed by atoms with E-state index in [0.29, 0.717) is 28.7 Å². The molecule has 2 aromatic carbocycles. The highest BCUT2D eigenvalue weighted by Crippen LogP contribution is 2.26. The Morgan fingerprint density at radius 2 is 1.84 bits per heavy atom. The van der Waals surface area contributed by atoms with Gasteiger partial charge >= 0.3 is 5.69 Å². The van der Waals surface area contributed by atoms with Crippen molar-refractivity contribution in [3.05, 3.63) is 99.1 Å². The molecular formula is C23H19N3O6. The molecular weight excluding hydrogens is 414 g/mol. The Labute approximate surface area is 181 Å². The summed E-state index contributed by atoms with van der Waals surface area (Å²) in [6, 6.07) is 17.3. The van der Waals surface area contributed by atoms with Crippen LogP contribution in [0.2, 0.25) is 0 Å². The molecule has 0 radical (unpaired) electrons. The molecule has 0 bridgehead atoms. The number of rotatable bonds is 7. The number of hydrogen-bond donors (Lipinski definition) is 2. The number of furan rings is 1. The lowest BCUT2D eigenvalue weighted by atomic mass is 10.3. The average Bonchev–Trinajstić information content (AvgIpc) is 3.31. The van der Waals surface area contributed by atoms with E-state index in [9.17, 15) is 14.7 Å². The molecule has 0 saturated heterocycles. The van der Waals surface area contributed by atoms with Crippen molar-refractivity contribution in [3.8, 4) is 23.1 Å². The third-order valence-electron chi connectivity index (χ3n) is 4.56. The van der Waals surface area contributed by atoms with Crippen molar-refractivity contribution >= 4 is 11.9 Å². The lowest BCUT2D eigenvalue weighted by molar-refractivity contribution is 0.392. The van der Waals surface area contributed by atoms with Crippen molar-refractivity contribution in [2.45, 2.75) is 6.54 Å².